The number of nitrogens with two attached hydrogens (primary N) is 2. The van der Waals surface area contributed by atoms with Gasteiger partial charge in [0, 0.05) is 38.2 Å². The fraction of sp³-hybridized carbons (Fsp3) is 0.615. The molecular formula is C13H22N4O2. The van der Waals surface area contributed by atoms with E-state index in [1.54, 1.807) is 0 Å². The minimum Gasteiger partial charge on any atom is -0.396 e. The first kappa shape index (κ1) is 13.9. The van der Waals surface area contributed by atoms with E-state index in [0.717, 1.165) is 24.4 Å². The van der Waals surface area contributed by atoms with Crippen molar-refractivity contribution in [1.29, 1.82) is 0 Å². The molecule has 1 saturated heterocycles. The number of nitrogens with zero attached hydrogens (tertiary/aromatic N) is 1. The lowest BCUT2D eigenvalue weighted by Crippen LogP contribution is -2.51. The molecule has 0 spiro atoms. The molecule has 0 aromatic carbocycles. The number of rotatable bonds is 3. The molecule has 6 nitrogen and oxygen atoms in total. The van der Waals surface area contributed by atoms with Crippen molar-refractivity contribution < 1.29 is 9.90 Å². The Labute approximate surface area is 113 Å². The van der Waals surface area contributed by atoms with Crippen LogP contribution < -0.4 is 16.8 Å². The maximum atomic E-state index is 11.5. The highest BCUT2D eigenvalue weighted by molar-refractivity contribution is 5.95. The summed E-state index contributed by atoms with van der Waals surface area (Å²) in [4.78, 5) is 13.6. The van der Waals surface area contributed by atoms with E-state index in [1.165, 1.54) is 0 Å². The van der Waals surface area contributed by atoms with Crippen LogP contribution in [0.5, 0.6) is 0 Å². The van der Waals surface area contributed by atoms with Crippen molar-refractivity contribution in [1.82, 2.24) is 10.2 Å². The number of carbonyl (C=O) groups is 1. The van der Waals surface area contributed by atoms with Crippen LogP contribution in [0.25, 0.3) is 0 Å². The lowest BCUT2D eigenvalue weighted by molar-refractivity contribution is -0.114. The first-order valence-corrected chi connectivity index (χ1v) is 6.59. The number of aliphatic hydroxyl groups excluding tert-OH is 1. The Hall–Kier alpha value is -1.53. The van der Waals surface area contributed by atoms with Crippen molar-refractivity contribution in [3.05, 3.63) is 23.0 Å². The van der Waals surface area contributed by atoms with Crippen molar-refractivity contribution in [2.24, 2.45) is 17.4 Å². The Bertz CT molecular complexity index is 430. The molecule has 1 fully saturated rings. The molecule has 0 aliphatic carbocycles. The predicted octanol–water partition coefficient (Wildman–Crippen LogP) is -1.13. The van der Waals surface area contributed by atoms with Crippen LogP contribution >= 0.6 is 0 Å². The number of hydrogen-bond acceptors (Lipinski definition) is 5. The second-order valence-electron chi connectivity index (χ2n) is 5.31. The minimum atomic E-state index is -0.433. The predicted molar refractivity (Wildman–Crippen MR) is 72.7 cm³/mol. The van der Waals surface area contributed by atoms with Gasteiger partial charge in [0.15, 0.2) is 0 Å². The first-order chi connectivity index (χ1) is 9.02. The summed E-state index contributed by atoms with van der Waals surface area (Å²) in [7, 11) is 0. The second kappa shape index (κ2) is 5.63. The molecule has 0 radical (unpaired) electrons. The number of amides is 1. The Kier molecular flexibility index (Phi) is 4.11. The molecule has 6 N–H and O–H groups in total. The van der Waals surface area contributed by atoms with E-state index >= 15 is 0 Å². The van der Waals surface area contributed by atoms with Gasteiger partial charge < -0.3 is 26.8 Å². The highest BCUT2D eigenvalue weighted by Gasteiger charge is 2.29. The largest absolute Gasteiger partial charge is 0.396 e. The van der Waals surface area contributed by atoms with Crippen LogP contribution in [-0.2, 0) is 4.79 Å². The molecule has 106 valence electrons. The van der Waals surface area contributed by atoms with Gasteiger partial charge in [0.2, 0.25) is 0 Å². The van der Waals surface area contributed by atoms with Crippen LogP contribution in [0.3, 0.4) is 0 Å². The zero-order chi connectivity index (χ0) is 14.0. The molecule has 0 aromatic rings. The molecule has 0 saturated carbocycles. The van der Waals surface area contributed by atoms with Gasteiger partial charge in [-0.3, -0.25) is 4.79 Å². The molecule has 2 aliphatic rings. The summed E-state index contributed by atoms with van der Waals surface area (Å²) in [6.07, 6.45) is 2.63. The summed E-state index contributed by atoms with van der Waals surface area (Å²) in [6.45, 7) is 4.13. The highest BCUT2D eigenvalue weighted by Crippen LogP contribution is 2.22. The van der Waals surface area contributed by atoms with Crippen LogP contribution in [0.4, 0.5) is 0 Å². The number of aliphatic hydroxyl groups is 1. The number of hydrogen-bond donors (Lipinski definition) is 4. The van der Waals surface area contributed by atoms with E-state index in [2.05, 4.69) is 10.2 Å². The van der Waals surface area contributed by atoms with Crippen molar-refractivity contribution in [3.63, 3.8) is 0 Å². The Morgan fingerprint density at radius 3 is 3.00 bits per heavy atom. The third-order valence-electron chi connectivity index (χ3n) is 3.79. The highest BCUT2D eigenvalue weighted by atomic mass is 16.3. The van der Waals surface area contributed by atoms with Gasteiger partial charge in [-0.1, -0.05) is 5.57 Å². The number of likely N-dealkylation sites (tertiary alicyclic amines) is 1. The lowest BCUT2D eigenvalue weighted by Gasteiger charge is -2.40. The smallest absolute Gasteiger partial charge is 0.252 e. The van der Waals surface area contributed by atoms with Gasteiger partial charge in [0.1, 0.15) is 5.82 Å². The third-order valence-corrected chi connectivity index (χ3v) is 3.79. The van der Waals surface area contributed by atoms with E-state index in [-0.39, 0.29) is 18.6 Å². The maximum absolute atomic E-state index is 11.5. The number of carbonyl (C=O) groups excluding carboxylic acids is 1. The van der Waals surface area contributed by atoms with E-state index in [4.69, 9.17) is 11.5 Å². The number of piperidine rings is 1. The molecule has 2 rings (SSSR count). The summed E-state index contributed by atoms with van der Waals surface area (Å²) in [5, 5.41) is 12.6. The van der Waals surface area contributed by atoms with E-state index < -0.39 is 5.91 Å². The number of dihydropyridines is 1. The fourth-order valence-corrected chi connectivity index (χ4v) is 2.60. The van der Waals surface area contributed by atoms with Crippen molar-refractivity contribution in [2.45, 2.75) is 19.4 Å². The molecule has 2 heterocycles. The third kappa shape index (κ3) is 2.90. The van der Waals surface area contributed by atoms with E-state index in [1.807, 2.05) is 13.0 Å². The average Bonchev–Trinajstić information content (AvgIpc) is 2.39. The maximum Gasteiger partial charge on any atom is 0.252 e. The van der Waals surface area contributed by atoms with Crippen LogP contribution in [0.1, 0.15) is 13.3 Å². The van der Waals surface area contributed by atoms with Gasteiger partial charge >= 0.3 is 0 Å². The first-order valence-electron chi connectivity index (χ1n) is 6.59. The zero-order valence-electron chi connectivity index (χ0n) is 11.2. The molecule has 1 amide bonds. The van der Waals surface area contributed by atoms with E-state index in [9.17, 15) is 9.90 Å². The number of nitrogens with one attached hydrogen (secondary N) is 1. The van der Waals surface area contributed by atoms with Gasteiger partial charge in [-0.15, -0.1) is 0 Å². The SMILES string of the molecule is CC1=CC(C(N)=O)=C(N2CCC(N)C(CO)C2)NC1. The normalized spacial score (nSPS) is 27.9. The summed E-state index contributed by atoms with van der Waals surface area (Å²) in [6, 6.07) is 0.0137. The molecule has 6 heteroatoms. The lowest BCUT2D eigenvalue weighted by atomic mass is 9.93. The topological polar surface area (TPSA) is 105 Å². The number of primary amides is 1. The molecule has 2 aliphatic heterocycles. The molecule has 2 atom stereocenters. The Morgan fingerprint density at radius 2 is 2.37 bits per heavy atom. The summed E-state index contributed by atoms with van der Waals surface area (Å²) in [5.74, 6) is 0.365. The van der Waals surface area contributed by atoms with Gasteiger partial charge in [-0.05, 0) is 19.4 Å². The summed E-state index contributed by atoms with van der Waals surface area (Å²) >= 11 is 0. The van der Waals surface area contributed by atoms with Crippen LogP contribution in [0, 0.1) is 5.92 Å². The van der Waals surface area contributed by atoms with Gasteiger partial charge in [0.25, 0.3) is 5.91 Å². The zero-order valence-corrected chi connectivity index (χ0v) is 11.2. The Morgan fingerprint density at radius 1 is 1.63 bits per heavy atom. The second-order valence-corrected chi connectivity index (χ2v) is 5.31. The average molecular weight is 266 g/mol. The van der Waals surface area contributed by atoms with E-state index in [0.29, 0.717) is 18.7 Å². The monoisotopic (exact) mass is 266 g/mol. The fourth-order valence-electron chi connectivity index (χ4n) is 2.60. The van der Waals surface area contributed by atoms with Crippen LogP contribution in [-0.4, -0.2) is 48.2 Å². The Balaban J connectivity index is 2.24. The van der Waals surface area contributed by atoms with Crippen LogP contribution in [0.15, 0.2) is 23.0 Å². The molecule has 19 heavy (non-hydrogen) atoms. The minimum absolute atomic E-state index is 0.0137. The molecule has 0 bridgehead atoms. The molecular weight excluding hydrogens is 244 g/mol. The van der Waals surface area contributed by atoms with Crippen molar-refractivity contribution in [2.75, 3.05) is 26.2 Å². The van der Waals surface area contributed by atoms with Crippen molar-refractivity contribution >= 4 is 5.91 Å². The van der Waals surface area contributed by atoms with Crippen molar-refractivity contribution in [3.8, 4) is 0 Å². The quantitative estimate of drug-likeness (QED) is 0.517. The summed E-state index contributed by atoms with van der Waals surface area (Å²) in [5.41, 5.74) is 13.0. The van der Waals surface area contributed by atoms with Gasteiger partial charge in [-0.25, -0.2) is 0 Å². The molecule has 0 aromatic heterocycles. The van der Waals surface area contributed by atoms with Crippen LogP contribution in [0.2, 0.25) is 0 Å². The standard InChI is InChI=1S/C13H22N4O2/c1-8-4-10(12(15)19)13(16-5-8)17-3-2-11(14)9(6-17)7-18/h4,9,11,16,18H,2-3,5-7,14H2,1H3,(H2,15,19). The van der Waals surface area contributed by atoms with Gasteiger partial charge in [0.05, 0.1) is 5.57 Å². The molecule has 2 unspecified atom stereocenters. The van der Waals surface area contributed by atoms with Gasteiger partial charge in [-0.2, -0.15) is 0 Å². The summed E-state index contributed by atoms with van der Waals surface area (Å²) < 4.78 is 0.